The number of phenolic OH excluding ortho intramolecular Hbond substituents is 1. The number of nitrogens with two attached hydrogens (primary N) is 1. The van der Waals surface area contributed by atoms with Gasteiger partial charge in [0.1, 0.15) is 11.5 Å². The molecule has 0 aliphatic carbocycles. The average Bonchev–Trinajstić information content (AvgIpc) is 2.39. The van der Waals surface area contributed by atoms with Gasteiger partial charge in [-0.15, -0.1) is 0 Å². The second kappa shape index (κ2) is 5.10. The first-order valence-corrected chi connectivity index (χ1v) is 5.84. The second-order valence-corrected chi connectivity index (χ2v) is 4.29. The van der Waals surface area contributed by atoms with Gasteiger partial charge in [-0.1, -0.05) is 18.2 Å². The van der Waals surface area contributed by atoms with Gasteiger partial charge in [-0.25, -0.2) is 0 Å². The van der Waals surface area contributed by atoms with Crippen molar-refractivity contribution in [3.63, 3.8) is 0 Å². The van der Waals surface area contributed by atoms with Gasteiger partial charge in [-0.05, 0) is 42.3 Å². The molecule has 0 spiro atoms. The number of aromatic hydroxyl groups is 1. The smallest absolute Gasteiger partial charge is 0.123 e. The van der Waals surface area contributed by atoms with Gasteiger partial charge in [0.25, 0.3) is 0 Å². The number of methoxy groups -OCH3 is 1. The van der Waals surface area contributed by atoms with E-state index in [1.54, 1.807) is 13.2 Å². The van der Waals surface area contributed by atoms with Crippen molar-refractivity contribution in [2.45, 2.75) is 13.0 Å². The second-order valence-electron chi connectivity index (χ2n) is 4.29. The Bertz CT molecular complexity index is 533. The highest BCUT2D eigenvalue weighted by atomic mass is 16.5. The molecule has 1 unspecified atom stereocenters. The summed E-state index contributed by atoms with van der Waals surface area (Å²) in [6.45, 7) is 1.92. The zero-order valence-corrected chi connectivity index (χ0v) is 10.6. The quantitative estimate of drug-likeness (QED) is 0.871. The van der Waals surface area contributed by atoms with E-state index in [1.807, 2.05) is 43.3 Å². The fourth-order valence-electron chi connectivity index (χ4n) is 1.84. The van der Waals surface area contributed by atoms with E-state index < -0.39 is 0 Å². The SMILES string of the molecule is COc1ccc(-c2cc(C(C)N)ccc2O)cc1. The Morgan fingerprint density at radius 2 is 1.78 bits per heavy atom. The molecule has 0 aliphatic heterocycles. The highest BCUT2D eigenvalue weighted by molar-refractivity contribution is 5.71. The summed E-state index contributed by atoms with van der Waals surface area (Å²) in [4.78, 5) is 0. The molecule has 0 radical (unpaired) electrons. The van der Waals surface area contributed by atoms with E-state index in [-0.39, 0.29) is 11.8 Å². The minimum atomic E-state index is -0.0531. The van der Waals surface area contributed by atoms with Crippen LogP contribution in [-0.2, 0) is 0 Å². The predicted molar refractivity (Wildman–Crippen MR) is 72.7 cm³/mol. The first-order valence-electron chi connectivity index (χ1n) is 5.84. The van der Waals surface area contributed by atoms with Crippen LogP contribution in [-0.4, -0.2) is 12.2 Å². The van der Waals surface area contributed by atoms with Crippen molar-refractivity contribution in [2.75, 3.05) is 7.11 Å². The van der Waals surface area contributed by atoms with Crippen LogP contribution < -0.4 is 10.5 Å². The molecule has 18 heavy (non-hydrogen) atoms. The molecule has 0 saturated heterocycles. The van der Waals surface area contributed by atoms with Crippen molar-refractivity contribution in [3.8, 4) is 22.6 Å². The number of benzene rings is 2. The van der Waals surface area contributed by atoms with Crippen LogP contribution in [0.2, 0.25) is 0 Å². The Hall–Kier alpha value is -2.00. The van der Waals surface area contributed by atoms with E-state index in [0.717, 1.165) is 22.4 Å². The number of rotatable bonds is 3. The van der Waals surface area contributed by atoms with Gasteiger partial charge in [0, 0.05) is 11.6 Å². The molecule has 0 fully saturated rings. The van der Waals surface area contributed by atoms with Crippen molar-refractivity contribution >= 4 is 0 Å². The molecule has 2 rings (SSSR count). The van der Waals surface area contributed by atoms with Gasteiger partial charge in [0.15, 0.2) is 0 Å². The van der Waals surface area contributed by atoms with Crippen LogP contribution >= 0.6 is 0 Å². The van der Waals surface area contributed by atoms with E-state index in [2.05, 4.69) is 0 Å². The van der Waals surface area contributed by atoms with Crippen molar-refractivity contribution in [2.24, 2.45) is 5.73 Å². The maximum Gasteiger partial charge on any atom is 0.123 e. The molecule has 3 heteroatoms. The monoisotopic (exact) mass is 243 g/mol. The summed E-state index contributed by atoms with van der Waals surface area (Å²) in [5.41, 5.74) is 8.58. The highest BCUT2D eigenvalue weighted by Gasteiger charge is 2.08. The minimum Gasteiger partial charge on any atom is -0.507 e. The zero-order valence-electron chi connectivity index (χ0n) is 10.6. The van der Waals surface area contributed by atoms with Crippen LogP contribution in [0.15, 0.2) is 42.5 Å². The molecule has 0 saturated carbocycles. The Balaban J connectivity index is 2.45. The van der Waals surface area contributed by atoms with E-state index in [9.17, 15) is 5.11 Å². The lowest BCUT2D eigenvalue weighted by atomic mass is 9.99. The molecule has 3 N–H and O–H groups in total. The van der Waals surface area contributed by atoms with Gasteiger partial charge in [-0.2, -0.15) is 0 Å². The predicted octanol–water partition coefficient (Wildman–Crippen LogP) is 3.09. The van der Waals surface area contributed by atoms with Crippen molar-refractivity contribution in [1.82, 2.24) is 0 Å². The largest absolute Gasteiger partial charge is 0.507 e. The molecule has 1 atom stereocenters. The Morgan fingerprint density at radius 1 is 1.11 bits per heavy atom. The summed E-state index contributed by atoms with van der Waals surface area (Å²) in [5, 5.41) is 9.92. The van der Waals surface area contributed by atoms with Crippen LogP contribution in [0.5, 0.6) is 11.5 Å². The molecule has 2 aromatic carbocycles. The molecule has 0 amide bonds. The lowest BCUT2D eigenvalue weighted by Crippen LogP contribution is -2.04. The molecular weight excluding hydrogens is 226 g/mol. The molecule has 0 heterocycles. The molecule has 0 bridgehead atoms. The lowest BCUT2D eigenvalue weighted by molar-refractivity contribution is 0.415. The van der Waals surface area contributed by atoms with E-state index in [1.165, 1.54) is 0 Å². The van der Waals surface area contributed by atoms with Crippen LogP contribution in [0.4, 0.5) is 0 Å². The van der Waals surface area contributed by atoms with Crippen LogP contribution in [0, 0.1) is 0 Å². The van der Waals surface area contributed by atoms with Crippen LogP contribution in [0.25, 0.3) is 11.1 Å². The highest BCUT2D eigenvalue weighted by Crippen LogP contribution is 2.32. The summed E-state index contributed by atoms with van der Waals surface area (Å²) in [6, 6.07) is 13.0. The number of ether oxygens (including phenoxy) is 1. The maximum absolute atomic E-state index is 9.92. The lowest BCUT2D eigenvalue weighted by Gasteiger charge is -2.11. The van der Waals surface area contributed by atoms with E-state index >= 15 is 0 Å². The van der Waals surface area contributed by atoms with Crippen molar-refractivity contribution < 1.29 is 9.84 Å². The standard InChI is InChI=1S/C15H17NO2/c1-10(16)12-5-8-15(17)14(9-12)11-3-6-13(18-2)7-4-11/h3-10,17H,16H2,1-2H3. The third-order valence-electron chi connectivity index (χ3n) is 2.95. The molecule has 0 aromatic heterocycles. The van der Waals surface area contributed by atoms with Gasteiger partial charge in [0.05, 0.1) is 7.11 Å². The number of phenols is 1. The number of hydrogen-bond donors (Lipinski definition) is 2. The van der Waals surface area contributed by atoms with Crippen LogP contribution in [0.1, 0.15) is 18.5 Å². The third kappa shape index (κ3) is 2.46. The van der Waals surface area contributed by atoms with Gasteiger partial charge in [0.2, 0.25) is 0 Å². The average molecular weight is 243 g/mol. The summed E-state index contributed by atoms with van der Waals surface area (Å²) in [6.07, 6.45) is 0. The summed E-state index contributed by atoms with van der Waals surface area (Å²) in [5.74, 6) is 1.05. The van der Waals surface area contributed by atoms with Crippen molar-refractivity contribution in [3.05, 3.63) is 48.0 Å². The zero-order chi connectivity index (χ0) is 13.1. The maximum atomic E-state index is 9.92. The molecule has 3 nitrogen and oxygen atoms in total. The van der Waals surface area contributed by atoms with E-state index in [0.29, 0.717) is 0 Å². The summed E-state index contributed by atoms with van der Waals surface area (Å²) < 4.78 is 5.11. The summed E-state index contributed by atoms with van der Waals surface area (Å²) >= 11 is 0. The fourth-order valence-corrected chi connectivity index (χ4v) is 1.84. The Morgan fingerprint density at radius 3 is 2.33 bits per heavy atom. The van der Waals surface area contributed by atoms with Crippen LogP contribution in [0.3, 0.4) is 0 Å². The number of hydrogen-bond acceptors (Lipinski definition) is 3. The molecule has 0 aliphatic rings. The Labute approximate surface area is 107 Å². The first-order chi connectivity index (χ1) is 8.61. The van der Waals surface area contributed by atoms with Gasteiger partial charge < -0.3 is 15.6 Å². The van der Waals surface area contributed by atoms with Crippen molar-refractivity contribution in [1.29, 1.82) is 0 Å². The van der Waals surface area contributed by atoms with Gasteiger partial charge in [-0.3, -0.25) is 0 Å². The molecule has 2 aromatic rings. The third-order valence-corrected chi connectivity index (χ3v) is 2.95. The fraction of sp³-hybridized carbons (Fsp3) is 0.200. The normalized spacial score (nSPS) is 12.2. The minimum absolute atomic E-state index is 0.0531. The summed E-state index contributed by atoms with van der Waals surface area (Å²) in [7, 11) is 1.63. The molecule has 94 valence electrons. The molecular formula is C15H17NO2. The van der Waals surface area contributed by atoms with E-state index in [4.69, 9.17) is 10.5 Å². The Kier molecular flexibility index (Phi) is 3.53. The van der Waals surface area contributed by atoms with Gasteiger partial charge >= 0.3 is 0 Å². The topological polar surface area (TPSA) is 55.5 Å². The first kappa shape index (κ1) is 12.5.